The number of rotatable bonds is 6. The van der Waals surface area contributed by atoms with E-state index in [-0.39, 0.29) is 11.9 Å². The summed E-state index contributed by atoms with van der Waals surface area (Å²) in [5, 5.41) is 3.83. The standard InChI is InChI=1S/C21H26ClN3O2/c1-16(21(26)23-15-17-7-3-6-10-20(17)27-2)24-11-13-25(14-12-24)19-9-5-4-8-18(19)22/h3-10,16H,11-15H2,1-2H3,(H,23,26)/p+1/t16-/m1/s1. The summed E-state index contributed by atoms with van der Waals surface area (Å²) in [6.07, 6.45) is 0. The number of benzene rings is 2. The molecule has 1 saturated heterocycles. The Morgan fingerprint density at radius 3 is 2.56 bits per heavy atom. The van der Waals surface area contributed by atoms with Gasteiger partial charge in [-0.05, 0) is 25.1 Å². The lowest BCUT2D eigenvalue weighted by Gasteiger charge is -2.36. The molecule has 0 spiro atoms. The first-order valence-corrected chi connectivity index (χ1v) is 9.71. The normalized spacial score (nSPS) is 16.0. The van der Waals surface area contributed by atoms with E-state index in [4.69, 9.17) is 16.3 Å². The lowest BCUT2D eigenvalue weighted by molar-refractivity contribution is -0.914. The fraction of sp³-hybridized carbons (Fsp3) is 0.381. The van der Waals surface area contributed by atoms with E-state index in [9.17, 15) is 4.79 Å². The van der Waals surface area contributed by atoms with Gasteiger partial charge in [-0.25, -0.2) is 0 Å². The van der Waals surface area contributed by atoms with Gasteiger partial charge in [0.05, 0.1) is 44.0 Å². The summed E-state index contributed by atoms with van der Waals surface area (Å²) < 4.78 is 5.35. The van der Waals surface area contributed by atoms with Crippen LogP contribution in [0.15, 0.2) is 48.5 Å². The van der Waals surface area contributed by atoms with Gasteiger partial charge in [-0.3, -0.25) is 4.79 Å². The molecule has 0 unspecified atom stereocenters. The van der Waals surface area contributed by atoms with Crippen LogP contribution < -0.4 is 19.9 Å². The molecule has 0 aliphatic carbocycles. The third-order valence-corrected chi connectivity index (χ3v) is 5.57. The van der Waals surface area contributed by atoms with Crippen LogP contribution in [0.3, 0.4) is 0 Å². The molecule has 0 radical (unpaired) electrons. The highest BCUT2D eigenvalue weighted by atomic mass is 35.5. The summed E-state index contributed by atoms with van der Waals surface area (Å²) >= 11 is 6.31. The minimum absolute atomic E-state index is 0.0714. The molecule has 1 amide bonds. The Balaban J connectivity index is 1.52. The maximum atomic E-state index is 12.6. The van der Waals surface area contributed by atoms with E-state index in [1.54, 1.807) is 7.11 Å². The van der Waals surface area contributed by atoms with Crippen LogP contribution in [-0.4, -0.2) is 45.2 Å². The van der Waals surface area contributed by atoms with Gasteiger partial charge < -0.3 is 19.9 Å². The Morgan fingerprint density at radius 2 is 1.85 bits per heavy atom. The number of nitrogens with one attached hydrogen (secondary N) is 2. The van der Waals surface area contributed by atoms with Gasteiger partial charge in [0.2, 0.25) is 0 Å². The van der Waals surface area contributed by atoms with E-state index >= 15 is 0 Å². The number of anilines is 1. The fourth-order valence-electron chi connectivity index (χ4n) is 3.55. The third-order valence-electron chi connectivity index (χ3n) is 5.25. The van der Waals surface area contributed by atoms with Gasteiger partial charge in [0.1, 0.15) is 5.75 Å². The van der Waals surface area contributed by atoms with Crippen LogP contribution in [0.1, 0.15) is 12.5 Å². The molecule has 0 aromatic heterocycles. The predicted octanol–water partition coefficient (Wildman–Crippen LogP) is 1.76. The molecule has 1 fully saturated rings. The number of amides is 1. The van der Waals surface area contributed by atoms with Gasteiger partial charge in [-0.1, -0.05) is 41.9 Å². The van der Waals surface area contributed by atoms with Gasteiger partial charge in [0, 0.05) is 12.1 Å². The van der Waals surface area contributed by atoms with Crippen molar-refractivity contribution in [3.63, 3.8) is 0 Å². The molecule has 1 atom stereocenters. The zero-order chi connectivity index (χ0) is 19.2. The first-order valence-electron chi connectivity index (χ1n) is 9.34. The lowest BCUT2D eigenvalue weighted by atomic mass is 10.1. The molecule has 6 heteroatoms. The smallest absolute Gasteiger partial charge is 0.278 e. The number of methoxy groups -OCH3 is 1. The Hall–Kier alpha value is -2.24. The molecule has 0 bridgehead atoms. The quantitative estimate of drug-likeness (QED) is 0.792. The Morgan fingerprint density at radius 1 is 1.19 bits per heavy atom. The first kappa shape index (κ1) is 19.5. The van der Waals surface area contributed by atoms with Crippen LogP contribution in [0.5, 0.6) is 5.75 Å². The molecule has 1 heterocycles. The van der Waals surface area contributed by atoms with Crippen molar-refractivity contribution in [3.8, 4) is 5.75 Å². The van der Waals surface area contributed by atoms with Crippen LogP contribution in [0.2, 0.25) is 5.02 Å². The van der Waals surface area contributed by atoms with E-state index in [1.807, 2.05) is 49.4 Å². The molecule has 144 valence electrons. The third kappa shape index (κ3) is 4.73. The average Bonchev–Trinajstić information content (AvgIpc) is 2.72. The number of halogens is 1. The van der Waals surface area contributed by atoms with Gasteiger partial charge in [0.15, 0.2) is 6.04 Å². The monoisotopic (exact) mass is 388 g/mol. The van der Waals surface area contributed by atoms with Gasteiger partial charge in [-0.2, -0.15) is 0 Å². The molecule has 2 aromatic carbocycles. The van der Waals surface area contributed by atoms with E-state index in [0.29, 0.717) is 6.54 Å². The van der Waals surface area contributed by atoms with Crippen LogP contribution in [0.25, 0.3) is 0 Å². The molecule has 5 nitrogen and oxygen atoms in total. The highest BCUT2D eigenvalue weighted by Gasteiger charge is 2.29. The van der Waals surface area contributed by atoms with E-state index in [1.165, 1.54) is 4.90 Å². The number of quaternary nitrogens is 1. The summed E-state index contributed by atoms with van der Waals surface area (Å²) in [4.78, 5) is 16.2. The van der Waals surface area contributed by atoms with Crippen molar-refractivity contribution in [1.82, 2.24) is 5.32 Å². The number of piperazine rings is 1. The minimum Gasteiger partial charge on any atom is -0.496 e. The first-order chi connectivity index (χ1) is 13.1. The fourth-order valence-corrected chi connectivity index (χ4v) is 3.80. The highest BCUT2D eigenvalue weighted by Crippen LogP contribution is 2.24. The number of carbonyl (C=O) groups excluding carboxylic acids is 1. The topological polar surface area (TPSA) is 46.0 Å². The number of nitrogens with zero attached hydrogens (tertiary/aromatic N) is 1. The minimum atomic E-state index is -0.0897. The van der Waals surface area contributed by atoms with Crippen LogP contribution >= 0.6 is 11.6 Å². The van der Waals surface area contributed by atoms with Crippen molar-refractivity contribution >= 4 is 23.2 Å². The Bertz CT molecular complexity index is 776. The summed E-state index contributed by atoms with van der Waals surface area (Å²) in [5.74, 6) is 0.869. The number of ether oxygens (including phenoxy) is 1. The van der Waals surface area contributed by atoms with E-state index in [0.717, 1.165) is 48.2 Å². The number of carbonyl (C=O) groups is 1. The van der Waals surface area contributed by atoms with Crippen molar-refractivity contribution in [2.45, 2.75) is 19.5 Å². The molecule has 2 aromatic rings. The van der Waals surface area contributed by atoms with Gasteiger partial charge in [0.25, 0.3) is 5.91 Å². The van der Waals surface area contributed by atoms with Crippen molar-refractivity contribution in [2.75, 3.05) is 38.2 Å². The van der Waals surface area contributed by atoms with E-state index in [2.05, 4.69) is 16.3 Å². The predicted molar refractivity (Wildman–Crippen MR) is 109 cm³/mol. The molecular formula is C21H27ClN3O2+. The zero-order valence-corrected chi connectivity index (χ0v) is 16.6. The highest BCUT2D eigenvalue weighted by molar-refractivity contribution is 6.33. The van der Waals surface area contributed by atoms with Crippen LogP contribution in [0, 0.1) is 0 Å². The molecular weight excluding hydrogens is 362 g/mol. The Labute approximate surface area is 165 Å². The second-order valence-electron chi connectivity index (χ2n) is 6.85. The van der Waals surface area contributed by atoms with Crippen LogP contribution in [0.4, 0.5) is 5.69 Å². The second kappa shape index (κ2) is 9.11. The second-order valence-corrected chi connectivity index (χ2v) is 7.26. The number of para-hydroxylation sites is 2. The molecule has 1 aliphatic heterocycles. The van der Waals surface area contributed by atoms with Crippen LogP contribution in [-0.2, 0) is 11.3 Å². The SMILES string of the molecule is COc1ccccc1CNC(=O)[C@@H](C)[NH+]1CCN(c2ccccc2Cl)CC1. The Kier molecular flexibility index (Phi) is 6.58. The maximum Gasteiger partial charge on any atom is 0.278 e. The maximum absolute atomic E-state index is 12.6. The molecule has 2 N–H and O–H groups in total. The summed E-state index contributed by atoms with van der Waals surface area (Å²) in [6, 6.07) is 15.6. The molecule has 1 aliphatic rings. The van der Waals surface area contributed by atoms with Crippen molar-refractivity contribution in [1.29, 1.82) is 0 Å². The van der Waals surface area contributed by atoms with Gasteiger partial charge in [-0.15, -0.1) is 0 Å². The van der Waals surface area contributed by atoms with Crippen molar-refractivity contribution in [3.05, 3.63) is 59.1 Å². The number of hydrogen-bond donors (Lipinski definition) is 2. The number of hydrogen-bond acceptors (Lipinski definition) is 3. The molecule has 0 saturated carbocycles. The molecule has 27 heavy (non-hydrogen) atoms. The summed E-state index contributed by atoms with van der Waals surface area (Å²) in [5.41, 5.74) is 2.06. The molecule has 3 rings (SSSR count). The summed E-state index contributed by atoms with van der Waals surface area (Å²) in [7, 11) is 1.64. The van der Waals surface area contributed by atoms with E-state index < -0.39 is 0 Å². The van der Waals surface area contributed by atoms with Crippen molar-refractivity contribution in [2.24, 2.45) is 0 Å². The average molecular weight is 389 g/mol. The summed E-state index contributed by atoms with van der Waals surface area (Å²) in [6.45, 7) is 6.08. The zero-order valence-electron chi connectivity index (χ0n) is 15.9. The van der Waals surface area contributed by atoms with Gasteiger partial charge >= 0.3 is 0 Å². The largest absolute Gasteiger partial charge is 0.496 e. The lowest BCUT2D eigenvalue weighted by Crippen LogP contribution is -3.19. The van der Waals surface area contributed by atoms with Crippen molar-refractivity contribution < 1.29 is 14.4 Å².